The van der Waals surface area contributed by atoms with Gasteiger partial charge in [0.05, 0.1) is 10.6 Å². The molecule has 0 radical (unpaired) electrons. The van der Waals surface area contributed by atoms with E-state index < -0.39 is 17.8 Å². The molecule has 0 bridgehead atoms. The van der Waals surface area contributed by atoms with Gasteiger partial charge in [0.2, 0.25) is 5.91 Å². The number of amides is 1. The number of nitrogens with zero attached hydrogens (tertiary/aromatic N) is 1. The maximum absolute atomic E-state index is 12.5. The van der Waals surface area contributed by atoms with Crippen molar-refractivity contribution < 1.29 is 18.0 Å². The van der Waals surface area contributed by atoms with Crippen LogP contribution in [0.25, 0.3) is 0 Å². The van der Waals surface area contributed by atoms with Gasteiger partial charge in [0, 0.05) is 12.2 Å². The van der Waals surface area contributed by atoms with E-state index in [2.05, 4.69) is 15.6 Å². The number of rotatable bonds is 4. The predicted molar refractivity (Wildman–Crippen MR) is 77.7 cm³/mol. The van der Waals surface area contributed by atoms with Crippen LogP contribution in [0.2, 0.25) is 5.02 Å². The Labute approximate surface area is 131 Å². The Hall–Kier alpha value is -1.50. The molecule has 8 heteroatoms. The molecule has 2 rings (SSSR count). The normalized spacial score (nSPS) is 17.3. The summed E-state index contributed by atoms with van der Waals surface area (Å²) < 4.78 is 37.6. The zero-order chi connectivity index (χ0) is 16.3. The third kappa shape index (κ3) is 4.25. The third-order valence-electron chi connectivity index (χ3n) is 3.62. The van der Waals surface area contributed by atoms with Crippen LogP contribution in [0.4, 0.5) is 19.0 Å². The van der Waals surface area contributed by atoms with Gasteiger partial charge in [-0.2, -0.15) is 13.2 Å². The molecule has 0 unspecified atom stereocenters. The van der Waals surface area contributed by atoms with Crippen molar-refractivity contribution in [2.45, 2.75) is 50.9 Å². The number of carbonyl (C=O) groups excluding carboxylic acids is 1. The molecule has 0 aromatic carbocycles. The molecule has 1 aromatic heterocycles. The minimum absolute atomic E-state index is 0.0590. The van der Waals surface area contributed by atoms with E-state index in [9.17, 15) is 18.0 Å². The van der Waals surface area contributed by atoms with Crippen LogP contribution in [-0.4, -0.2) is 23.0 Å². The first kappa shape index (κ1) is 16.9. The summed E-state index contributed by atoms with van der Waals surface area (Å²) in [5, 5.41) is 5.47. The van der Waals surface area contributed by atoms with Crippen LogP contribution in [0.15, 0.2) is 12.3 Å². The van der Waals surface area contributed by atoms with E-state index in [4.69, 9.17) is 11.6 Å². The van der Waals surface area contributed by atoms with E-state index in [0.717, 1.165) is 31.7 Å². The van der Waals surface area contributed by atoms with Crippen LogP contribution < -0.4 is 10.6 Å². The van der Waals surface area contributed by atoms with Gasteiger partial charge in [-0.3, -0.25) is 4.79 Å². The van der Waals surface area contributed by atoms with Crippen molar-refractivity contribution in [3.8, 4) is 0 Å². The lowest BCUT2D eigenvalue weighted by Crippen LogP contribution is -2.42. The maximum Gasteiger partial charge on any atom is 0.417 e. The molecule has 2 N–H and O–H groups in total. The monoisotopic (exact) mass is 335 g/mol. The van der Waals surface area contributed by atoms with Gasteiger partial charge in [0.1, 0.15) is 11.9 Å². The lowest BCUT2D eigenvalue weighted by Gasteiger charge is -2.19. The molecule has 1 fully saturated rings. The average Bonchev–Trinajstić information content (AvgIpc) is 2.92. The second-order valence-electron chi connectivity index (χ2n) is 5.41. The van der Waals surface area contributed by atoms with Gasteiger partial charge in [-0.1, -0.05) is 24.4 Å². The Morgan fingerprint density at radius 3 is 2.59 bits per heavy atom. The number of hydrogen-bond donors (Lipinski definition) is 2. The molecule has 0 spiro atoms. The first-order valence-corrected chi connectivity index (χ1v) is 7.45. The van der Waals surface area contributed by atoms with E-state index in [0.29, 0.717) is 6.20 Å². The van der Waals surface area contributed by atoms with Gasteiger partial charge in [-0.25, -0.2) is 4.98 Å². The van der Waals surface area contributed by atoms with Crippen LogP contribution in [0.3, 0.4) is 0 Å². The second kappa shape index (κ2) is 6.73. The SMILES string of the molecule is C[C@H](Nc1ncc(C(F)(F)F)cc1Cl)C(=O)NC1CCCC1. The average molecular weight is 336 g/mol. The molecule has 1 aliphatic carbocycles. The van der Waals surface area contributed by atoms with Crippen LogP contribution >= 0.6 is 11.6 Å². The number of alkyl halides is 3. The quantitative estimate of drug-likeness (QED) is 0.883. The first-order chi connectivity index (χ1) is 10.3. The molecule has 1 aromatic rings. The summed E-state index contributed by atoms with van der Waals surface area (Å²) in [5.41, 5.74) is -0.925. The van der Waals surface area contributed by atoms with Crippen LogP contribution in [0.5, 0.6) is 0 Å². The van der Waals surface area contributed by atoms with Crippen molar-refractivity contribution in [3.05, 3.63) is 22.8 Å². The highest BCUT2D eigenvalue weighted by Gasteiger charge is 2.32. The van der Waals surface area contributed by atoms with Crippen LogP contribution in [0, 0.1) is 0 Å². The third-order valence-corrected chi connectivity index (χ3v) is 3.90. The van der Waals surface area contributed by atoms with Crippen LogP contribution in [0.1, 0.15) is 38.2 Å². The first-order valence-electron chi connectivity index (χ1n) is 7.07. The highest BCUT2D eigenvalue weighted by molar-refractivity contribution is 6.33. The smallest absolute Gasteiger partial charge is 0.357 e. The number of halogens is 4. The molecular weight excluding hydrogens is 319 g/mol. The van der Waals surface area contributed by atoms with E-state index in [1.165, 1.54) is 0 Å². The lowest BCUT2D eigenvalue weighted by atomic mass is 10.2. The van der Waals surface area contributed by atoms with Crippen molar-refractivity contribution in [1.29, 1.82) is 0 Å². The van der Waals surface area contributed by atoms with Crippen molar-refractivity contribution in [2.75, 3.05) is 5.32 Å². The summed E-state index contributed by atoms with van der Waals surface area (Å²) in [4.78, 5) is 15.7. The molecule has 0 aliphatic heterocycles. The minimum Gasteiger partial charge on any atom is -0.357 e. The summed E-state index contributed by atoms with van der Waals surface area (Å²) in [6.07, 6.45) is 0.296. The highest BCUT2D eigenvalue weighted by atomic mass is 35.5. The Kier molecular flexibility index (Phi) is 5.16. The van der Waals surface area contributed by atoms with Gasteiger partial charge < -0.3 is 10.6 Å². The van der Waals surface area contributed by atoms with E-state index >= 15 is 0 Å². The molecular formula is C14H17ClF3N3O. The number of anilines is 1. The molecule has 4 nitrogen and oxygen atoms in total. The fraction of sp³-hybridized carbons (Fsp3) is 0.571. The fourth-order valence-corrected chi connectivity index (χ4v) is 2.59. The molecule has 0 saturated heterocycles. The van der Waals surface area contributed by atoms with Gasteiger partial charge >= 0.3 is 6.18 Å². The summed E-state index contributed by atoms with van der Waals surface area (Å²) in [7, 11) is 0. The Bertz CT molecular complexity index is 545. The largest absolute Gasteiger partial charge is 0.417 e. The number of aromatic nitrogens is 1. The van der Waals surface area contributed by atoms with Crippen LogP contribution in [-0.2, 0) is 11.0 Å². The van der Waals surface area contributed by atoms with Gasteiger partial charge in [0.25, 0.3) is 0 Å². The fourth-order valence-electron chi connectivity index (χ4n) is 2.37. The van der Waals surface area contributed by atoms with Crippen molar-refractivity contribution in [2.24, 2.45) is 0 Å². The molecule has 1 saturated carbocycles. The molecule has 22 heavy (non-hydrogen) atoms. The molecule has 122 valence electrons. The molecule has 1 heterocycles. The highest BCUT2D eigenvalue weighted by Crippen LogP contribution is 2.32. The number of hydrogen-bond acceptors (Lipinski definition) is 3. The van der Waals surface area contributed by atoms with Crippen molar-refractivity contribution in [1.82, 2.24) is 10.3 Å². The van der Waals surface area contributed by atoms with E-state index in [1.807, 2.05) is 0 Å². The van der Waals surface area contributed by atoms with Gasteiger partial charge in [0.15, 0.2) is 0 Å². The Morgan fingerprint density at radius 2 is 2.05 bits per heavy atom. The molecule has 1 aliphatic rings. The Morgan fingerprint density at radius 1 is 1.41 bits per heavy atom. The number of pyridine rings is 1. The topological polar surface area (TPSA) is 54.0 Å². The summed E-state index contributed by atoms with van der Waals surface area (Å²) >= 11 is 5.80. The summed E-state index contributed by atoms with van der Waals surface area (Å²) in [6, 6.07) is 0.327. The molecule has 1 atom stereocenters. The number of carbonyl (C=O) groups is 1. The van der Waals surface area contributed by atoms with E-state index in [1.54, 1.807) is 6.92 Å². The maximum atomic E-state index is 12.5. The standard InChI is InChI=1S/C14H17ClF3N3O/c1-8(13(22)21-10-4-2-3-5-10)20-12-11(15)6-9(7-19-12)14(16,17)18/h6-8,10H,2-5H2,1H3,(H,19,20)(H,21,22)/t8-/m0/s1. The summed E-state index contributed by atoms with van der Waals surface area (Å²) in [5.74, 6) is -0.159. The Balaban J connectivity index is 1.98. The minimum atomic E-state index is -4.50. The number of nitrogens with one attached hydrogen (secondary N) is 2. The predicted octanol–water partition coefficient (Wildman–Crippen LogP) is 3.61. The van der Waals surface area contributed by atoms with Crippen molar-refractivity contribution >= 4 is 23.3 Å². The zero-order valence-corrected chi connectivity index (χ0v) is 12.8. The van der Waals surface area contributed by atoms with Gasteiger partial charge in [-0.05, 0) is 25.8 Å². The lowest BCUT2D eigenvalue weighted by molar-refractivity contribution is -0.137. The van der Waals surface area contributed by atoms with Gasteiger partial charge in [-0.15, -0.1) is 0 Å². The van der Waals surface area contributed by atoms with E-state index in [-0.39, 0.29) is 22.8 Å². The summed E-state index contributed by atoms with van der Waals surface area (Å²) in [6.45, 7) is 1.61. The molecule has 1 amide bonds. The zero-order valence-electron chi connectivity index (χ0n) is 12.0. The second-order valence-corrected chi connectivity index (χ2v) is 5.82. The van der Waals surface area contributed by atoms with Crippen molar-refractivity contribution in [3.63, 3.8) is 0 Å².